The van der Waals surface area contributed by atoms with Crippen molar-refractivity contribution in [2.24, 2.45) is 11.8 Å². The number of aliphatic hydroxyl groups is 2. The quantitative estimate of drug-likeness (QED) is 0.771. The van der Waals surface area contributed by atoms with Crippen molar-refractivity contribution in [3.63, 3.8) is 0 Å². The monoisotopic (exact) mass is 393 g/mol. The molecule has 18 heavy (non-hydrogen) atoms. The van der Waals surface area contributed by atoms with Crippen LogP contribution in [0.5, 0.6) is 0 Å². The molecule has 0 aromatic carbocycles. The minimum absolute atomic E-state index is 0. The molecule has 0 spiro atoms. The molecule has 1 radical (unpaired) electrons. The summed E-state index contributed by atoms with van der Waals surface area (Å²) >= 11 is 0. The summed E-state index contributed by atoms with van der Waals surface area (Å²) in [6.45, 7) is 0. The Balaban J connectivity index is 0.00000162. The summed E-state index contributed by atoms with van der Waals surface area (Å²) in [6, 6.07) is 0. The molecular formula is C15H28EuO2. The molecule has 107 valence electrons. The molecule has 3 heteroatoms. The molecule has 2 saturated carbocycles. The van der Waals surface area contributed by atoms with E-state index in [4.69, 9.17) is 0 Å². The van der Waals surface area contributed by atoms with Gasteiger partial charge in [0.25, 0.3) is 0 Å². The van der Waals surface area contributed by atoms with Gasteiger partial charge in [-0.1, -0.05) is 38.5 Å². The van der Waals surface area contributed by atoms with Crippen molar-refractivity contribution >= 4 is 0 Å². The molecule has 0 bridgehead atoms. The van der Waals surface area contributed by atoms with Gasteiger partial charge in [0.05, 0.1) is 12.2 Å². The third-order valence-electron chi connectivity index (χ3n) is 4.87. The average molecular weight is 392 g/mol. The van der Waals surface area contributed by atoms with E-state index in [0.717, 1.165) is 0 Å². The largest absolute Gasteiger partial charge is 0.393 e. The first-order valence-electron chi connectivity index (χ1n) is 7.63. The fourth-order valence-corrected chi connectivity index (χ4v) is 3.67. The van der Waals surface area contributed by atoms with E-state index in [0.29, 0.717) is 18.3 Å². The van der Waals surface area contributed by atoms with Crippen molar-refractivity contribution in [1.29, 1.82) is 0 Å². The van der Waals surface area contributed by atoms with Gasteiger partial charge in [-0.05, 0) is 43.9 Å². The molecule has 2 unspecified atom stereocenters. The van der Waals surface area contributed by atoms with Gasteiger partial charge < -0.3 is 10.2 Å². The summed E-state index contributed by atoms with van der Waals surface area (Å²) in [6.07, 6.45) is 12.5. The summed E-state index contributed by atoms with van der Waals surface area (Å²) in [5.74, 6) is 0.920. The van der Waals surface area contributed by atoms with E-state index < -0.39 is 0 Å². The molecule has 2 aliphatic carbocycles. The van der Waals surface area contributed by atoms with Crippen molar-refractivity contribution in [1.82, 2.24) is 0 Å². The van der Waals surface area contributed by atoms with E-state index >= 15 is 0 Å². The third kappa shape index (κ3) is 5.48. The zero-order valence-corrected chi connectivity index (χ0v) is 13.8. The first-order chi connectivity index (χ1) is 8.27. The van der Waals surface area contributed by atoms with Crippen LogP contribution >= 0.6 is 0 Å². The molecule has 2 aliphatic rings. The summed E-state index contributed by atoms with van der Waals surface area (Å²) in [5.41, 5.74) is 0. The zero-order chi connectivity index (χ0) is 12.1. The standard InChI is InChI=1S/C15H28O2.Eu/c16-14(12-7-3-1-4-8-12)11-15(17)13-9-5-2-6-10-13;/h12-17H,1-11H2;. The molecule has 2 N–H and O–H groups in total. The third-order valence-corrected chi connectivity index (χ3v) is 4.87. The van der Waals surface area contributed by atoms with Gasteiger partial charge in [0.2, 0.25) is 0 Å². The Morgan fingerprint density at radius 3 is 1.33 bits per heavy atom. The Morgan fingerprint density at radius 1 is 0.667 bits per heavy atom. The first kappa shape index (κ1) is 17.6. The van der Waals surface area contributed by atoms with Crippen LogP contribution in [0.4, 0.5) is 0 Å². The Morgan fingerprint density at radius 2 is 1.00 bits per heavy atom. The average Bonchev–Trinajstić information content (AvgIpc) is 2.40. The number of aliphatic hydroxyl groups excluding tert-OH is 2. The maximum atomic E-state index is 10.2. The predicted molar refractivity (Wildman–Crippen MR) is 69.8 cm³/mol. The summed E-state index contributed by atoms with van der Waals surface area (Å²) in [4.78, 5) is 0. The van der Waals surface area contributed by atoms with Crippen LogP contribution in [0.25, 0.3) is 0 Å². The molecule has 0 amide bonds. The minimum Gasteiger partial charge on any atom is -0.393 e. The summed E-state index contributed by atoms with van der Waals surface area (Å²) in [5, 5.41) is 20.4. The van der Waals surface area contributed by atoms with Crippen LogP contribution in [0.2, 0.25) is 0 Å². The molecule has 2 atom stereocenters. The molecule has 2 fully saturated rings. The first-order valence-corrected chi connectivity index (χ1v) is 7.63. The van der Waals surface area contributed by atoms with Gasteiger partial charge >= 0.3 is 0 Å². The summed E-state index contributed by atoms with van der Waals surface area (Å²) < 4.78 is 0. The smallest absolute Gasteiger partial charge is 0.0593 e. The molecule has 0 aliphatic heterocycles. The Hall–Kier alpha value is 1.50. The van der Waals surface area contributed by atoms with Gasteiger partial charge in [-0.3, -0.25) is 0 Å². The second-order valence-corrected chi connectivity index (χ2v) is 6.17. The molecule has 2 nitrogen and oxygen atoms in total. The van der Waals surface area contributed by atoms with Crippen LogP contribution in [0, 0.1) is 61.2 Å². The van der Waals surface area contributed by atoms with E-state index in [9.17, 15) is 10.2 Å². The fraction of sp³-hybridized carbons (Fsp3) is 1.00. The fourth-order valence-electron chi connectivity index (χ4n) is 3.67. The Labute approximate surface area is 152 Å². The van der Waals surface area contributed by atoms with Crippen molar-refractivity contribution < 1.29 is 59.6 Å². The van der Waals surface area contributed by atoms with Crippen molar-refractivity contribution in [3.8, 4) is 0 Å². The van der Waals surface area contributed by atoms with Gasteiger partial charge in [-0.15, -0.1) is 0 Å². The normalized spacial score (nSPS) is 26.3. The zero-order valence-electron chi connectivity index (χ0n) is 11.4. The molecule has 0 heterocycles. The van der Waals surface area contributed by atoms with E-state index in [1.165, 1.54) is 64.2 Å². The Kier molecular flexibility index (Phi) is 9.21. The maximum absolute atomic E-state index is 10.2. The van der Waals surface area contributed by atoms with Crippen LogP contribution in [-0.4, -0.2) is 22.4 Å². The molecule has 2 rings (SSSR count). The van der Waals surface area contributed by atoms with Crippen LogP contribution in [0.1, 0.15) is 70.6 Å². The molecule has 0 aromatic rings. The number of rotatable bonds is 4. The van der Waals surface area contributed by atoms with Crippen molar-refractivity contribution in [2.75, 3.05) is 0 Å². The molecular weight excluding hydrogens is 364 g/mol. The van der Waals surface area contributed by atoms with Crippen molar-refractivity contribution in [2.45, 2.75) is 82.8 Å². The second kappa shape index (κ2) is 9.44. The number of hydrogen-bond acceptors (Lipinski definition) is 2. The summed E-state index contributed by atoms with van der Waals surface area (Å²) in [7, 11) is 0. The SMILES string of the molecule is OC(CC(O)C1CCCCC1)C1CCCCC1.[Eu]. The van der Waals surface area contributed by atoms with Gasteiger partial charge in [-0.25, -0.2) is 0 Å². The molecule has 0 aromatic heterocycles. The van der Waals surface area contributed by atoms with E-state index in [1.807, 2.05) is 0 Å². The van der Waals surface area contributed by atoms with Crippen LogP contribution in [0.15, 0.2) is 0 Å². The topological polar surface area (TPSA) is 40.5 Å². The van der Waals surface area contributed by atoms with Gasteiger partial charge in [0.1, 0.15) is 0 Å². The minimum atomic E-state index is -0.257. The predicted octanol–water partition coefficient (Wildman–Crippen LogP) is 3.26. The number of hydrogen-bond donors (Lipinski definition) is 2. The van der Waals surface area contributed by atoms with Gasteiger partial charge in [0.15, 0.2) is 0 Å². The van der Waals surface area contributed by atoms with Crippen LogP contribution < -0.4 is 0 Å². The van der Waals surface area contributed by atoms with E-state index in [2.05, 4.69) is 0 Å². The van der Waals surface area contributed by atoms with E-state index in [-0.39, 0.29) is 61.6 Å². The van der Waals surface area contributed by atoms with Gasteiger partial charge in [-0.2, -0.15) is 0 Å². The van der Waals surface area contributed by atoms with Crippen molar-refractivity contribution in [3.05, 3.63) is 0 Å². The van der Waals surface area contributed by atoms with E-state index in [1.54, 1.807) is 0 Å². The molecule has 0 saturated heterocycles. The second-order valence-electron chi connectivity index (χ2n) is 6.17. The van der Waals surface area contributed by atoms with Crippen LogP contribution in [-0.2, 0) is 0 Å². The maximum Gasteiger partial charge on any atom is 0.0593 e. The Bertz CT molecular complexity index is 189. The van der Waals surface area contributed by atoms with Gasteiger partial charge in [0, 0.05) is 49.4 Å². The van der Waals surface area contributed by atoms with Crippen LogP contribution in [0.3, 0.4) is 0 Å².